The smallest absolute Gasteiger partial charge is 0.111 e. The molecular formula is C13H17NO3. The van der Waals surface area contributed by atoms with Gasteiger partial charge in [0.25, 0.3) is 0 Å². The highest BCUT2D eigenvalue weighted by Gasteiger charge is 2.32. The molecule has 1 aliphatic carbocycles. The number of nitrogens with one attached hydrogen (secondary N) is 1. The van der Waals surface area contributed by atoms with Gasteiger partial charge in [0.1, 0.15) is 18.3 Å². The Balaban J connectivity index is 1.94. The van der Waals surface area contributed by atoms with Gasteiger partial charge in [-0.1, -0.05) is 42.5 Å². The van der Waals surface area contributed by atoms with Crippen LogP contribution in [0.25, 0.3) is 0 Å². The average Bonchev–Trinajstić information content (AvgIpc) is 2.36. The average molecular weight is 235 g/mol. The van der Waals surface area contributed by atoms with Gasteiger partial charge in [-0.25, -0.2) is 0 Å². The molecule has 0 unspecified atom stereocenters. The molecule has 0 saturated carbocycles. The van der Waals surface area contributed by atoms with Crippen LogP contribution in [0.15, 0.2) is 42.5 Å². The summed E-state index contributed by atoms with van der Waals surface area (Å²) in [6, 6.07) is 9.47. The van der Waals surface area contributed by atoms with Crippen molar-refractivity contribution in [1.82, 2.24) is 5.32 Å². The maximum absolute atomic E-state index is 9.76. The lowest BCUT2D eigenvalue weighted by molar-refractivity contribution is -0.0567. The summed E-state index contributed by atoms with van der Waals surface area (Å²) in [6.45, 7) is 0.607. The van der Waals surface area contributed by atoms with Crippen molar-refractivity contribution in [2.75, 3.05) is 0 Å². The third kappa shape index (κ3) is 2.92. The quantitative estimate of drug-likeness (QED) is 0.547. The highest BCUT2D eigenvalue weighted by molar-refractivity contribution is 5.16. The third-order valence-corrected chi connectivity index (χ3v) is 2.97. The number of hydrogen-bond acceptors (Lipinski definition) is 4. The van der Waals surface area contributed by atoms with Gasteiger partial charge in [0.05, 0.1) is 6.04 Å². The van der Waals surface area contributed by atoms with E-state index in [1.54, 1.807) is 6.08 Å². The molecular weight excluding hydrogens is 218 g/mol. The summed E-state index contributed by atoms with van der Waals surface area (Å²) in [5, 5.41) is 31.7. The summed E-state index contributed by atoms with van der Waals surface area (Å²) in [6.07, 6.45) is 0.0807. The molecule has 17 heavy (non-hydrogen) atoms. The van der Waals surface area contributed by atoms with E-state index in [9.17, 15) is 15.3 Å². The van der Waals surface area contributed by atoms with Crippen molar-refractivity contribution >= 4 is 0 Å². The molecule has 0 heterocycles. The summed E-state index contributed by atoms with van der Waals surface area (Å²) < 4.78 is 0. The van der Waals surface area contributed by atoms with Crippen molar-refractivity contribution in [3.8, 4) is 0 Å². The van der Waals surface area contributed by atoms with E-state index in [0.717, 1.165) is 5.56 Å². The summed E-state index contributed by atoms with van der Waals surface area (Å²) in [5.41, 5.74) is 1.11. The first-order chi connectivity index (χ1) is 8.18. The van der Waals surface area contributed by atoms with E-state index in [0.29, 0.717) is 6.54 Å². The second-order valence-corrected chi connectivity index (χ2v) is 4.25. The Bertz CT molecular complexity index is 380. The Kier molecular flexibility index (Phi) is 3.91. The van der Waals surface area contributed by atoms with Crippen LogP contribution in [0.4, 0.5) is 0 Å². The van der Waals surface area contributed by atoms with Gasteiger partial charge >= 0.3 is 0 Å². The number of aliphatic hydroxyl groups is 3. The second kappa shape index (κ2) is 5.42. The van der Waals surface area contributed by atoms with Crippen LogP contribution in [0.3, 0.4) is 0 Å². The Morgan fingerprint density at radius 2 is 1.65 bits per heavy atom. The lowest BCUT2D eigenvalue weighted by Gasteiger charge is -2.31. The zero-order chi connectivity index (χ0) is 12.3. The van der Waals surface area contributed by atoms with Gasteiger partial charge in [-0.2, -0.15) is 0 Å². The van der Waals surface area contributed by atoms with Crippen molar-refractivity contribution in [2.45, 2.75) is 30.9 Å². The second-order valence-electron chi connectivity index (χ2n) is 4.25. The molecule has 92 valence electrons. The van der Waals surface area contributed by atoms with Gasteiger partial charge in [0, 0.05) is 6.54 Å². The molecule has 0 bridgehead atoms. The first-order valence-corrected chi connectivity index (χ1v) is 5.68. The highest BCUT2D eigenvalue weighted by atomic mass is 16.4. The van der Waals surface area contributed by atoms with Gasteiger partial charge in [-0.15, -0.1) is 0 Å². The van der Waals surface area contributed by atoms with Crippen molar-refractivity contribution < 1.29 is 15.3 Å². The minimum absolute atomic E-state index is 0.339. The predicted molar refractivity (Wildman–Crippen MR) is 64.2 cm³/mol. The molecule has 1 aromatic carbocycles. The SMILES string of the molecule is O[C@H]1[C@H](O)[C@H](NCc2ccccc2)C=C[C@@H]1O. The van der Waals surface area contributed by atoms with E-state index in [2.05, 4.69) is 5.32 Å². The molecule has 0 aromatic heterocycles. The molecule has 0 radical (unpaired) electrons. The normalized spacial score (nSPS) is 32.6. The number of rotatable bonds is 3. The fraction of sp³-hybridized carbons (Fsp3) is 0.385. The lowest BCUT2D eigenvalue weighted by atomic mass is 9.94. The maximum Gasteiger partial charge on any atom is 0.111 e. The Hall–Kier alpha value is -1.20. The molecule has 0 saturated heterocycles. The van der Waals surface area contributed by atoms with Gasteiger partial charge in [0.15, 0.2) is 0 Å². The van der Waals surface area contributed by atoms with Crippen molar-refractivity contribution in [2.24, 2.45) is 0 Å². The van der Waals surface area contributed by atoms with Crippen LogP contribution in [0.2, 0.25) is 0 Å². The minimum atomic E-state index is -1.13. The fourth-order valence-corrected chi connectivity index (χ4v) is 1.90. The van der Waals surface area contributed by atoms with Gasteiger partial charge in [-0.3, -0.25) is 0 Å². The molecule has 0 aliphatic heterocycles. The summed E-state index contributed by atoms with van der Waals surface area (Å²) >= 11 is 0. The lowest BCUT2D eigenvalue weighted by Crippen LogP contribution is -2.51. The van der Waals surface area contributed by atoms with Gasteiger partial charge in [-0.05, 0) is 5.56 Å². The van der Waals surface area contributed by atoms with E-state index in [-0.39, 0.29) is 6.04 Å². The molecule has 4 heteroatoms. The maximum atomic E-state index is 9.76. The first-order valence-electron chi connectivity index (χ1n) is 5.68. The molecule has 1 aromatic rings. The number of aliphatic hydroxyl groups excluding tert-OH is 3. The zero-order valence-electron chi connectivity index (χ0n) is 9.40. The Morgan fingerprint density at radius 3 is 2.35 bits per heavy atom. The number of benzene rings is 1. The Labute approximate surface area is 100 Å². The number of hydrogen-bond donors (Lipinski definition) is 4. The van der Waals surface area contributed by atoms with Crippen molar-refractivity contribution in [3.63, 3.8) is 0 Å². The molecule has 2 rings (SSSR count). The van der Waals surface area contributed by atoms with Crippen LogP contribution in [0.1, 0.15) is 5.56 Å². The predicted octanol–water partition coefficient (Wildman–Crippen LogP) is -0.203. The molecule has 4 atom stereocenters. The summed E-state index contributed by atoms with van der Waals surface area (Å²) in [7, 11) is 0. The molecule has 4 N–H and O–H groups in total. The molecule has 0 spiro atoms. The largest absolute Gasteiger partial charge is 0.388 e. The van der Waals surface area contributed by atoms with Crippen LogP contribution in [0, 0.1) is 0 Å². The molecule has 4 nitrogen and oxygen atoms in total. The van der Waals surface area contributed by atoms with E-state index < -0.39 is 18.3 Å². The minimum Gasteiger partial charge on any atom is -0.388 e. The third-order valence-electron chi connectivity index (χ3n) is 2.97. The first kappa shape index (κ1) is 12.3. The van der Waals surface area contributed by atoms with Crippen LogP contribution >= 0.6 is 0 Å². The van der Waals surface area contributed by atoms with Crippen LogP contribution in [0.5, 0.6) is 0 Å². The molecule has 1 aliphatic rings. The van der Waals surface area contributed by atoms with Crippen molar-refractivity contribution in [1.29, 1.82) is 0 Å². The molecule has 0 fully saturated rings. The van der Waals surface area contributed by atoms with Gasteiger partial charge in [0.2, 0.25) is 0 Å². The zero-order valence-corrected chi connectivity index (χ0v) is 9.40. The van der Waals surface area contributed by atoms with Crippen LogP contribution in [-0.2, 0) is 6.54 Å². The molecule has 0 amide bonds. The van der Waals surface area contributed by atoms with Crippen LogP contribution in [-0.4, -0.2) is 39.7 Å². The van der Waals surface area contributed by atoms with Crippen molar-refractivity contribution in [3.05, 3.63) is 48.0 Å². The van der Waals surface area contributed by atoms with Crippen LogP contribution < -0.4 is 5.32 Å². The van der Waals surface area contributed by atoms with Gasteiger partial charge < -0.3 is 20.6 Å². The summed E-state index contributed by atoms with van der Waals surface area (Å²) in [4.78, 5) is 0. The van der Waals surface area contributed by atoms with E-state index in [1.807, 2.05) is 30.3 Å². The van der Waals surface area contributed by atoms with E-state index in [1.165, 1.54) is 6.08 Å². The Morgan fingerprint density at radius 1 is 0.941 bits per heavy atom. The fourth-order valence-electron chi connectivity index (χ4n) is 1.90. The monoisotopic (exact) mass is 235 g/mol. The highest BCUT2D eigenvalue weighted by Crippen LogP contribution is 2.14. The summed E-state index contributed by atoms with van der Waals surface area (Å²) in [5.74, 6) is 0. The standard InChI is InChI=1S/C13H17NO3/c15-11-7-6-10(12(16)13(11)17)14-8-9-4-2-1-3-5-9/h1-7,10-17H,8H2/t10-,11+,12-,13-/m1/s1. The van der Waals surface area contributed by atoms with E-state index in [4.69, 9.17) is 0 Å². The van der Waals surface area contributed by atoms with E-state index >= 15 is 0 Å². The topological polar surface area (TPSA) is 72.7 Å².